The normalized spacial score (nSPS) is 21.9. The Kier molecular flexibility index (Phi) is 6.64. The van der Waals surface area contributed by atoms with Crippen molar-refractivity contribution in [2.24, 2.45) is 5.41 Å². The van der Waals surface area contributed by atoms with E-state index in [4.69, 9.17) is 0 Å². The van der Waals surface area contributed by atoms with E-state index in [1.165, 1.54) is 11.1 Å². The summed E-state index contributed by atoms with van der Waals surface area (Å²) < 4.78 is 40.8. The Hall–Kier alpha value is -2.96. The van der Waals surface area contributed by atoms with Crippen LogP contribution in [0.3, 0.4) is 0 Å². The van der Waals surface area contributed by atoms with Gasteiger partial charge in [0.1, 0.15) is 12.1 Å². The molecule has 13 heteroatoms. The van der Waals surface area contributed by atoms with Crippen molar-refractivity contribution in [2.75, 3.05) is 13.1 Å². The maximum absolute atomic E-state index is 13.7. The minimum absolute atomic E-state index is 0.00176. The molecule has 35 heavy (non-hydrogen) atoms. The highest BCUT2D eigenvalue weighted by Crippen LogP contribution is 2.40. The quantitative estimate of drug-likeness (QED) is 0.602. The van der Waals surface area contributed by atoms with Crippen molar-refractivity contribution in [1.29, 1.82) is 0 Å². The third-order valence-electron chi connectivity index (χ3n) is 6.28. The Morgan fingerprint density at radius 3 is 2.57 bits per heavy atom. The molecule has 2 aromatic heterocycles. The van der Waals surface area contributed by atoms with E-state index in [2.05, 4.69) is 20.7 Å². The summed E-state index contributed by atoms with van der Waals surface area (Å²) >= 11 is 0. The zero-order valence-corrected chi connectivity index (χ0v) is 19.9. The monoisotopic (exact) mass is 497 g/mol. The van der Waals surface area contributed by atoms with Crippen LogP contribution in [0.1, 0.15) is 63.4 Å². The van der Waals surface area contributed by atoms with Crippen LogP contribution in [-0.2, 0) is 22.3 Å². The first-order chi connectivity index (χ1) is 16.3. The Balaban J connectivity index is 1.43. The van der Waals surface area contributed by atoms with E-state index in [0.717, 1.165) is 29.3 Å². The molecule has 1 aliphatic heterocycles. The largest absolute Gasteiger partial charge is 0.435 e. The molecular weight excluding hydrogens is 467 g/mol. The van der Waals surface area contributed by atoms with Gasteiger partial charge in [0.05, 0.1) is 18.3 Å². The smallest absolute Gasteiger partial charge is 0.391 e. The van der Waals surface area contributed by atoms with Crippen LogP contribution < -0.4 is 5.32 Å². The summed E-state index contributed by atoms with van der Waals surface area (Å²) in [6.07, 6.45) is -0.277. The second kappa shape index (κ2) is 9.25. The number of rotatable bonds is 7. The molecule has 2 aliphatic rings. The summed E-state index contributed by atoms with van der Waals surface area (Å²) in [5.41, 5.74) is -0.711. The molecule has 1 aliphatic carbocycles. The summed E-state index contributed by atoms with van der Waals surface area (Å²) in [5.74, 6) is -0.458. The molecule has 192 valence electrons. The van der Waals surface area contributed by atoms with Gasteiger partial charge in [-0.3, -0.25) is 14.3 Å². The van der Waals surface area contributed by atoms with Gasteiger partial charge in [0.15, 0.2) is 5.69 Å². The fourth-order valence-corrected chi connectivity index (χ4v) is 4.38. The van der Waals surface area contributed by atoms with Crippen LogP contribution in [-0.4, -0.2) is 71.8 Å². The fraction of sp³-hybridized carbons (Fsp3) is 0.682. The van der Waals surface area contributed by atoms with Crippen LogP contribution in [0, 0.1) is 5.41 Å². The lowest BCUT2D eigenvalue weighted by atomic mass is 9.85. The van der Waals surface area contributed by atoms with Gasteiger partial charge in [-0.2, -0.15) is 18.3 Å². The van der Waals surface area contributed by atoms with Gasteiger partial charge in [0.25, 0.3) is 0 Å². The molecule has 2 aromatic rings. The minimum Gasteiger partial charge on any atom is -0.391 e. The molecular formula is C22H30F3N7O3. The van der Waals surface area contributed by atoms with Crippen LogP contribution in [0.2, 0.25) is 0 Å². The molecule has 3 heterocycles. The number of nitrogens with zero attached hydrogens (tertiary/aromatic N) is 6. The van der Waals surface area contributed by atoms with Crippen LogP contribution in [0.15, 0.2) is 18.5 Å². The molecule has 2 amide bonds. The highest BCUT2D eigenvalue weighted by molar-refractivity contribution is 5.90. The van der Waals surface area contributed by atoms with E-state index in [9.17, 15) is 27.9 Å². The van der Waals surface area contributed by atoms with Gasteiger partial charge in [-0.15, -0.1) is 5.10 Å². The number of likely N-dealkylation sites (tertiary alicyclic amines) is 1. The number of halogens is 3. The van der Waals surface area contributed by atoms with Gasteiger partial charge in [0, 0.05) is 37.8 Å². The highest BCUT2D eigenvalue weighted by atomic mass is 19.4. The summed E-state index contributed by atoms with van der Waals surface area (Å²) in [7, 11) is 0. The standard InChI is InChI=1S/C22H30F3N7O3/c1-21(2,3)18(32-12-15(27-29-32)13-4-5-13)20(35)31-11-14(33)10-16(31)19(34)26-7-9-30-8-6-17(28-30)22(23,24)25/h6,8,12-14,16,18,33H,4-5,7,9-11H2,1-3H3,(H,26,34)/t14-,16+,18-/m1/s1. The van der Waals surface area contributed by atoms with E-state index in [-0.39, 0.29) is 32.0 Å². The average molecular weight is 498 g/mol. The van der Waals surface area contributed by atoms with Crippen LogP contribution in [0.4, 0.5) is 13.2 Å². The summed E-state index contributed by atoms with van der Waals surface area (Å²) in [4.78, 5) is 27.9. The van der Waals surface area contributed by atoms with Crippen molar-refractivity contribution >= 4 is 11.8 Å². The number of amides is 2. The third kappa shape index (κ3) is 5.65. The number of carbonyl (C=O) groups is 2. The van der Waals surface area contributed by atoms with Crippen LogP contribution in [0.5, 0.6) is 0 Å². The predicted octanol–water partition coefficient (Wildman–Crippen LogP) is 1.74. The van der Waals surface area contributed by atoms with E-state index < -0.39 is 41.4 Å². The average Bonchev–Trinajstić information content (AvgIpc) is 3.12. The Labute approximate surface area is 200 Å². The number of alkyl halides is 3. The number of aliphatic hydroxyl groups excluding tert-OH is 1. The lowest BCUT2D eigenvalue weighted by molar-refractivity contribution is -0.144. The molecule has 0 spiro atoms. The first kappa shape index (κ1) is 25.1. The molecule has 1 saturated heterocycles. The number of carbonyl (C=O) groups excluding carboxylic acids is 2. The van der Waals surface area contributed by atoms with Gasteiger partial charge >= 0.3 is 6.18 Å². The van der Waals surface area contributed by atoms with E-state index in [1.54, 1.807) is 10.9 Å². The maximum atomic E-state index is 13.7. The maximum Gasteiger partial charge on any atom is 0.435 e. The first-order valence-electron chi connectivity index (χ1n) is 11.6. The lowest BCUT2D eigenvalue weighted by Crippen LogP contribution is -2.50. The second-order valence-electron chi connectivity index (χ2n) is 10.3. The van der Waals surface area contributed by atoms with Gasteiger partial charge in [0.2, 0.25) is 11.8 Å². The molecule has 4 rings (SSSR count). The fourth-order valence-electron chi connectivity index (χ4n) is 4.38. The van der Waals surface area contributed by atoms with Crippen molar-refractivity contribution in [3.63, 3.8) is 0 Å². The van der Waals surface area contributed by atoms with Crippen molar-refractivity contribution < 1.29 is 27.9 Å². The van der Waals surface area contributed by atoms with Crippen molar-refractivity contribution in [3.05, 3.63) is 29.8 Å². The summed E-state index contributed by atoms with van der Waals surface area (Å²) in [5, 5.41) is 24.8. The molecule has 3 atom stereocenters. The van der Waals surface area contributed by atoms with Gasteiger partial charge < -0.3 is 15.3 Å². The molecule has 0 radical (unpaired) electrons. The molecule has 0 unspecified atom stereocenters. The number of nitrogens with one attached hydrogen (secondary N) is 1. The zero-order chi connectivity index (χ0) is 25.5. The predicted molar refractivity (Wildman–Crippen MR) is 117 cm³/mol. The second-order valence-corrected chi connectivity index (χ2v) is 10.3. The van der Waals surface area contributed by atoms with Gasteiger partial charge in [-0.05, 0) is 24.3 Å². The first-order valence-corrected chi connectivity index (χ1v) is 11.6. The molecule has 0 aromatic carbocycles. The lowest BCUT2D eigenvalue weighted by Gasteiger charge is -2.34. The molecule has 2 N–H and O–H groups in total. The van der Waals surface area contributed by atoms with E-state index in [1.807, 2.05) is 20.8 Å². The summed E-state index contributed by atoms with van der Waals surface area (Å²) in [6.45, 7) is 5.74. The molecule has 0 bridgehead atoms. The van der Waals surface area contributed by atoms with Gasteiger partial charge in [-0.25, -0.2) is 4.68 Å². The van der Waals surface area contributed by atoms with Gasteiger partial charge in [-0.1, -0.05) is 26.0 Å². The number of hydrogen-bond donors (Lipinski definition) is 2. The van der Waals surface area contributed by atoms with E-state index in [0.29, 0.717) is 5.92 Å². The number of hydrogen-bond acceptors (Lipinski definition) is 6. The van der Waals surface area contributed by atoms with Crippen LogP contribution in [0.25, 0.3) is 0 Å². The van der Waals surface area contributed by atoms with Crippen LogP contribution >= 0.6 is 0 Å². The summed E-state index contributed by atoms with van der Waals surface area (Å²) in [6, 6.07) is -0.772. The molecule has 2 fully saturated rings. The highest BCUT2D eigenvalue weighted by Gasteiger charge is 2.45. The SMILES string of the molecule is CC(C)(C)[C@@H](C(=O)N1C[C@H](O)C[C@H]1C(=O)NCCn1ccc(C(F)(F)F)n1)n1cc(C2CC2)nn1. The van der Waals surface area contributed by atoms with E-state index >= 15 is 0 Å². The number of β-amino-alcohol motifs (C(OH)–C–C–N with tert-alkyl or cyclic N) is 1. The zero-order valence-electron chi connectivity index (χ0n) is 19.9. The Bertz CT molecular complexity index is 1070. The van der Waals surface area contributed by atoms with Crippen molar-refractivity contribution in [3.8, 4) is 0 Å². The Morgan fingerprint density at radius 1 is 1.26 bits per heavy atom. The molecule has 10 nitrogen and oxygen atoms in total. The topological polar surface area (TPSA) is 118 Å². The number of aliphatic hydroxyl groups is 1. The van der Waals surface area contributed by atoms with Crippen molar-refractivity contribution in [1.82, 2.24) is 35.0 Å². The minimum atomic E-state index is -4.54. The molecule has 1 saturated carbocycles. The van der Waals surface area contributed by atoms with Crippen molar-refractivity contribution in [2.45, 2.75) is 76.9 Å². The number of aromatic nitrogens is 5. The Morgan fingerprint density at radius 2 is 1.97 bits per heavy atom. The third-order valence-corrected chi connectivity index (χ3v) is 6.28.